The number of hydrogen-bond acceptors (Lipinski definition) is 3. The lowest BCUT2D eigenvalue weighted by molar-refractivity contribution is 0.140. The van der Waals surface area contributed by atoms with Gasteiger partial charge in [-0.2, -0.15) is 0 Å². The molecule has 0 bridgehead atoms. The van der Waals surface area contributed by atoms with E-state index in [9.17, 15) is 0 Å². The highest BCUT2D eigenvalue weighted by atomic mass is 15.2. The second-order valence-electron chi connectivity index (χ2n) is 8.43. The Hall–Kier alpha value is -0.930. The molecular formula is C21H33N3. The van der Waals surface area contributed by atoms with Crippen molar-refractivity contribution in [2.45, 2.75) is 51.5 Å². The normalized spacial score (nSPS) is 27.9. The van der Waals surface area contributed by atoms with Gasteiger partial charge in [0, 0.05) is 32.0 Å². The highest BCUT2D eigenvalue weighted by Crippen LogP contribution is 2.34. The fourth-order valence-corrected chi connectivity index (χ4v) is 5.30. The number of piperidine rings is 1. The molecule has 1 aliphatic carbocycles. The van der Waals surface area contributed by atoms with E-state index in [0.29, 0.717) is 0 Å². The smallest absolute Gasteiger partial charge is 0.0312 e. The summed E-state index contributed by atoms with van der Waals surface area (Å²) in [5.41, 5.74) is 1.36. The zero-order chi connectivity index (χ0) is 16.2. The first-order valence-corrected chi connectivity index (χ1v) is 10.2. The molecule has 1 saturated carbocycles. The first kappa shape index (κ1) is 16.5. The number of aromatic nitrogens is 1. The first-order valence-electron chi connectivity index (χ1n) is 10.2. The molecule has 1 unspecified atom stereocenters. The SMILES string of the molecule is c1cncc(CN2CCC(C3CCN(CC4CCCC4)C3)CC2)c1. The second kappa shape index (κ2) is 7.97. The van der Waals surface area contributed by atoms with Crippen LogP contribution in [-0.2, 0) is 6.54 Å². The molecule has 1 atom stereocenters. The van der Waals surface area contributed by atoms with Crippen LogP contribution in [0, 0.1) is 17.8 Å². The Balaban J connectivity index is 1.20. The summed E-state index contributed by atoms with van der Waals surface area (Å²) in [7, 11) is 0. The Kier molecular flexibility index (Phi) is 5.49. The largest absolute Gasteiger partial charge is 0.303 e. The van der Waals surface area contributed by atoms with E-state index < -0.39 is 0 Å². The molecule has 0 aromatic carbocycles. The van der Waals surface area contributed by atoms with Gasteiger partial charge in [0.05, 0.1) is 0 Å². The summed E-state index contributed by atoms with van der Waals surface area (Å²) < 4.78 is 0. The van der Waals surface area contributed by atoms with E-state index in [1.165, 1.54) is 83.2 Å². The summed E-state index contributed by atoms with van der Waals surface area (Å²) in [6.07, 6.45) is 14.1. The minimum Gasteiger partial charge on any atom is -0.303 e. The molecule has 132 valence electrons. The molecule has 24 heavy (non-hydrogen) atoms. The van der Waals surface area contributed by atoms with E-state index in [4.69, 9.17) is 0 Å². The van der Waals surface area contributed by atoms with Crippen LogP contribution in [0.3, 0.4) is 0 Å². The number of pyridine rings is 1. The van der Waals surface area contributed by atoms with Crippen LogP contribution in [0.2, 0.25) is 0 Å². The monoisotopic (exact) mass is 327 g/mol. The molecule has 3 heterocycles. The Labute approximate surface area is 147 Å². The topological polar surface area (TPSA) is 19.4 Å². The van der Waals surface area contributed by atoms with Crippen molar-refractivity contribution in [1.29, 1.82) is 0 Å². The quantitative estimate of drug-likeness (QED) is 0.820. The zero-order valence-electron chi connectivity index (χ0n) is 15.1. The summed E-state index contributed by atoms with van der Waals surface area (Å²) in [5, 5.41) is 0. The van der Waals surface area contributed by atoms with Crippen LogP contribution in [0.4, 0.5) is 0 Å². The highest BCUT2D eigenvalue weighted by molar-refractivity contribution is 5.08. The Bertz CT molecular complexity index is 489. The minimum atomic E-state index is 0.976. The second-order valence-corrected chi connectivity index (χ2v) is 8.43. The van der Waals surface area contributed by atoms with Crippen LogP contribution in [0.1, 0.15) is 50.5 Å². The van der Waals surface area contributed by atoms with Crippen molar-refractivity contribution in [2.75, 3.05) is 32.7 Å². The summed E-state index contributed by atoms with van der Waals surface area (Å²) >= 11 is 0. The number of likely N-dealkylation sites (tertiary alicyclic amines) is 2. The number of hydrogen-bond donors (Lipinski definition) is 0. The molecule has 2 aliphatic heterocycles. The van der Waals surface area contributed by atoms with E-state index in [2.05, 4.69) is 26.9 Å². The van der Waals surface area contributed by atoms with Crippen molar-refractivity contribution in [1.82, 2.24) is 14.8 Å². The van der Waals surface area contributed by atoms with Gasteiger partial charge < -0.3 is 4.90 Å². The van der Waals surface area contributed by atoms with Crippen molar-refractivity contribution in [2.24, 2.45) is 17.8 Å². The van der Waals surface area contributed by atoms with Crippen LogP contribution in [0.5, 0.6) is 0 Å². The van der Waals surface area contributed by atoms with Gasteiger partial charge in [0.2, 0.25) is 0 Å². The van der Waals surface area contributed by atoms with Crippen LogP contribution in [0.25, 0.3) is 0 Å². The highest BCUT2D eigenvalue weighted by Gasteiger charge is 2.32. The molecule has 4 rings (SSSR count). The van der Waals surface area contributed by atoms with Crippen LogP contribution < -0.4 is 0 Å². The van der Waals surface area contributed by atoms with Crippen LogP contribution >= 0.6 is 0 Å². The minimum absolute atomic E-state index is 0.976. The molecule has 3 nitrogen and oxygen atoms in total. The maximum atomic E-state index is 4.25. The third kappa shape index (κ3) is 4.18. The molecular weight excluding hydrogens is 294 g/mol. The van der Waals surface area contributed by atoms with Gasteiger partial charge in [-0.1, -0.05) is 18.9 Å². The summed E-state index contributed by atoms with van der Waals surface area (Å²) in [5.74, 6) is 2.97. The molecule has 3 heteroatoms. The molecule has 3 aliphatic rings. The van der Waals surface area contributed by atoms with E-state index in [-0.39, 0.29) is 0 Å². The fraction of sp³-hybridized carbons (Fsp3) is 0.762. The van der Waals surface area contributed by atoms with Gasteiger partial charge in [0.25, 0.3) is 0 Å². The maximum absolute atomic E-state index is 4.25. The van der Waals surface area contributed by atoms with Gasteiger partial charge >= 0.3 is 0 Å². The molecule has 1 aromatic heterocycles. The number of rotatable bonds is 5. The van der Waals surface area contributed by atoms with Crippen LogP contribution in [0.15, 0.2) is 24.5 Å². The molecule has 0 N–H and O–H groups in total. The van der Waals surface area contributed by atoms with Crippen molar-refractivity contribution in [3.05, 3.63) is 30.1 Å². The zero-order valence-corrected chi connectivity index (χ0v) is 15.1. The molecule has 3 fully saturated rings. The molecule has 2 saturated heterocycles. The van der Waals surface area contributed by atoms with Crippen molar-refractivity contribution in [3.8, 4) is 0 Å². The lowest BCUT2D eigenvalue weighted by atomic mass is 9.83. The Morgan fingerprint density at radius 1 is 0.917 bits per heavy atom. The Morgan fingerprint density at radius 3 is 2.42 bits per heavy atom. The lowest BCUT2D eigenvalue weighted by Crippen LogP contribution is -2.36. The third-order valence-electron chi connectivity index (χ3n) is 6.73. The average molecular weight is 328 g/mol. The lowest BCUT2D eigenvalue weighted by Gasteiger charge is -2.35. The van der Waals surface area contributed by atoms with E-state index >= 15 is 0 Å². The Morgan fingerprint density at radius 2 is 1.67 bits per heavy atom. The van der Waals surface area contributed by atoms with Crippen molar-refractivity contribution < 1.29 is 0 Å². The van der Waals surface area contributed by atoms with Gasteiger partial charge in [-0.15, -0.1) is 0 Å². The molecule has 0 amide bonds. The van der Waals surface area contributed by atoms with Crippen molar-refractivity contribution >= 4 is 0 Å². The maximum Gasteiger partial charge on any atom is 0.0312 e. The van der Waals surface area contributed by atoms with Gasteiger partial charge in [0.15, 0.2) is 0 Å². The van der Waals surface area contributed by atoms with Crippen LogP contribution in [-0.4, -0.2) is 47.5 Å². The predicted molar refractivity (Wildman–Crippen MR) is 98.7 cm³/mol. The molecule has 0 spiro atoms. The van der Waals surface area contributed by atoms with Gasteiger partial charge in [-0.25, -0.2) is 0 Å². The number of nitrogens with zero attached hydrogens (tertiary/aromatic N) is 3. The van der Waals surface area contributed by atoms with Gasteiger partial charge in [-0.3, -0.25) is 9.88 Å². The predicted octanol–water partition coefficient (Wildman–Crippen LogP) is 3.81. The van der Waals surface area contributed by atoms with Crippen molar-refractivity contribution in [3.63, 3.8) is 0 Å². The molecule has 0 radical (unpaired) electrons. The third-order valence-corrected chi connectivity index (χ3v) is 6.73. The van der Waals surface area contributed by atoms with Gasteiger partial charge in [0.1, 0.15) is 0 Å². The average Bonchev–Trinajstić information content (AvgIpc) is 3.29. The first-order chi connectivity index (χ1) is 11.9. The van der Waals surface area contributed by atoms with E-state index in [0.717, 1.165) is 24.3 Å². The summed E-state index contributed by atoms with van der Waals surface area (Å²) in [4.78, 5) is 9.66. The van der Waals surface area contributed by atoms with Gasteiger partial charge in [-0.05, 0) is 81.1 Å². The molecule has 1 aromatic rings. The van der Waals surface area contributed by atoms with E-state index in [1.54, 1.807) is 0 Å². The summed E-state index contributed by atoms with van der Waals surface area (Å²) in [6.45, 7) is 7.80. The van der Waals surface area contributed by atoms with E-state index in [1.807, 2.05) is 12.4 Å². The summed E-state index contributed by atoms with van der Waals surface area (Å²) in [6, 6.07) is 4.26. The fourth-order valence-electron chi connectivity index (χ4n) is 5.30. The standard InChI is InChI=1S/C21H33N3/c1-2-5-18(4-1)15-24-13-9-21(17-24)20-7-11-23(12-8-20)16-19-6-3-10-22-14-19/h3,6,10,14,18,20-21H,1-2,4-5,7-9,11-13,15-17H2.